The first-order chi connectivity index (χ1) is 13.7. The Morgan fingerprint density at radius 3 is 2.93 bits per heavy atom. The number of amides is 1. The Labute approximate surface area is 164 Å². The van der Waals surface area contributed by atoms with E-state index >= 15 is 0 Å². The lowest BCUT2D eigenvalue weighted by Crippen LogP contribution is -2.22. The van der Waals surface area contributed by atoms with Crippen molar-refractivity contribution >= 4 is 11.6 Å². The van der Waals surface area contributed by atoms with Gasteiger partial charge in [0.2, 0.25) is 5.91 Å². The summed E-state index contributed by atoms with van der Waals surface area (Å²) in [5.74, 6) is 1.52. The first-order valence-corrected chi connectivity index (χ1v) is 10.2. The Balaban J connectivity index is 1.24. The lowest BCUT2D eigenvalue weighted by molar-refractivity contribution is -0.118. The van der Waals surface area contributed by atoms with Crippen LogP contribution in [0.3, 0.4) is 0 Å². The third-order valence-corrected chi connectivity index (χ3v) is 5.58. The van der Waals surface area contributed by atoms with Crippen molar-refractivity contribution in [3.05, 3.63) is 29.6 Å². The number of hydrogen-bond donors (Lipinski definition) is 2. The van der Waals surface area contributed by atoms with Gasteiger partial charge in [-0.15, -0.1) is 5.10 Å². The van der Waals surface area contributed by atoms with Crippen molar-refractivity contribution in [2.75, 3.05) is 11.9 Å². The average Bonchev–Trinajstić information content (AvgIpc) is 3.17. The molecule has 1 amide bonds. The number of anilines is 1. The monoisotopic (exact) mass is 385 g/mol. The second-order valence-electron chi connectivity index (χ2n) is 7.65. The summed E-state index contributed by atoms with van der Waals surface area (Å²) in [7, 11) is 0. The van der Waals surface area contributed by atoms with Crippen molar-refractivity contribution in [1.29, 1.82) is 0 Å². The molecular weight excluding hydrogens is 358 g/mol. The zero-order valence-corrected chi connectivity index (χ0v) is 16.0. The molecule has 1 aliphatic carbocycles. The molecule has 8 heteroatoms. The maximum atomic E-state index is 11.5. The summed E-state index contributed by atoms with van der Waals surface area (Å²) in [4.78, 5) is 11.5. The topological polar surface area (TPSA) is 102 Å². The zero-order valence-electron chi connectivity index (χ0n) is 16.0. The van der Waals surface area contributed by atoms with Crippen LogP contribution in [0.25, 0.3) is 0 Å². The lowest BCUT2D eigenvalue weighted by atomic mass is 9.95. The van der Waals surface area contributed by atoms with Gasteiger partial charge in [0.05, 0.1) is 25.2 Å². The molecule has 2 aliphatic rings. The van der Waals surface area contributed by atoms with Crippen molar-refractivity contribution in [2.24, 2.45) is 0 Å². The molecule has 4 rings (SSSR count). The number of benzene rings is 1. The predicted molar refractivity (Wildman–Crippen MR) is 103 cm³/mol. The highest BCUT2D eigenvalue weighted by atomic mass is 16.5. The molecule has 1 saturated carbocycles. The quantitative estimate of drug-likeness (QED) is 0.711. The molecule has 1 fully saturated rings. The summed E-state index contributed by atoms with van der Waals surface area (Å²) in [6.07, 6.45) is 8.20. The minimum Gasteiger partial charge on any atom is -0.494 e. The molecule has 0 radical (unpaired) electrons. The van der Waals surface area contributed by atoms with Gasteiger partial charge < -0.3 is 15.2 Å². The Hall–Kier alpha value is -2.48. The van der Waals surface area contributed by atoms with E-state index in [0.29, 0.717) is 29.6 Å². The van der Waals surface area contributed by atoms with Crippen LogP contribution in [0, 0.1) is 0 Å². The number of ether oxygens (including phenoxy) is 1. The number of nitrogens with one attached hydrogen (secondary N) is 1. The van der Waals surface area contributed by atoms with Gasteiger partial charge in [0.15, 0.2) is 5.82 Å². The van der Waals surface area contributed by atoms with E-state index in [1.807, 2.05) is 16.8 Å². The maximum Gasteiger partial charge on any atom is 0.227 e. The summed E-state index contributed by atoms with van der Waals surface area (Å²) in [5, 5.41) is 25.1. The molecule has 1 aromatic heterocycles. The normalized spacial score (nSPS) is 19.9. The Kier molecular flexibility index (Phi) is 5.85. The maximum absolute atomic E-state index is 11.5. The van der Waals surface area contributed by atoms with Crippen LogP contribution in [0.15, 0.2) is 18.2 Å². The smallest absolute Gasteiger partial charge is 0.227 e. The molecule has 8 nitrogen and oxygen atoms in total. The number of nitrogens with zero attached hydrogens (tertiary/aromatic N) is 4. The minimum atomic E-state index is -0.772. The Bertz CT molecular complexity index is 816. The summed E-state index contributed by atoms with van der Waals surface area (Å²) >= 11 is 0. The average molecular weight is 385 g/mol. The van der Waals surface area contributed by atoms with Crippen LogP contribution in [-0.4, -0.2) is 37.8 Å². The van der Waals surface area contributed by atoms with E-state index in [0.717, 1.165) is 25.1 Å². The highest BCUT2D eigenvalue weighted by Crippen LogP contribution is 2.33. The molecule has 1 aliphatic heterocycles. The van der Waals surface area contributed by atoms with E-state index in [-0.39, 0.29) is 12.3 Å². The van der Waals surface area contributed by atoms with Crippen molar-refractivity contribution in [3.63, 3.8) is 0 Å². The SMILES string of the molecule is O=C1CC(O)c2cc(OCCCCc3nnnn3C3CCCCC3)ccc2N1. The van der Waals surface area contributed by atoms with E-state index in [9.17, 15) is 9.90 Å². The Morgan fingerprint density at radius 1 is 1.21 bits per heavy atom. The highest BCUT2D eigenvalue weighted by Gasteiger charge is 2.23. The summed E-state index contributed by atoms with van der Waals surface area (Å²) in [6.45, 7) is 0.590. The molecule has 28 heavy (non-hydrogen) atoms. The van der Waals surface area contributed by atoms with Gasteiger partial charge in [-0.25, -0.2) is 4.68 Å². The second-order valence-corrected chi connectivity index (χ2v) is 7.65. The van der Waals surface area contributed by atoms with Crippen LogP contribution in [-0.2, 0) is 11.2 Å². The number of carbonyl (C=O) groups excluding carboxylic acids is 1. The molecule has 1 unspecified atom stereocenters. The van der Waals surface area contributed by atoms with Crippen molar-refractivity contribution in [2.45, 2.75) is 69.9 Å². The van der Waals surface area contributed by atoms with Gasteiger partial charge in [-0.3, -0.25) is 4.79 Å². The second kappa shape index (κ2) is 8.68. The van der Waals surface area contributed by atoms with E-state index < -0.39 is 6.10 Å². The summed E-state index contributed by atoms with van der Waals surface area (Å²) in [6, 6.07) is 5.87. The van der Waals surface area contributed by atoms with E-state index in [1.54, 1.807) is 6.07 Å². The first-order valence-electron chi connectivity index (χ1n) is 10.2. The lowest BCUT2D eigenvalue weighted by Gasteiger charge is -2.22. The molecular formula is C20H27N5O3. The van der Waals surface area contributed by atoms with Crippen LogP contribution in [0.4, 0.5) is 5.69 Å². The molecule has 0 bridgehead atoms. The molecule has 2 aromatic rings. The summed E-state index contributed by atoms with van der Waals surface area (Å²) in [5.41, 5.74) is 1.37. The number of aromatic nitrogens is 4. The largest absolute Gasteiger partial charge is 0.494 e. The van der Waals surface area contributed by atoms with Gasteiger partial charge >= 0.3 is 0 Å². The number of aryl methyl sites for hydroxylation is 1. The number of tetrazole rings is 1. The van der Waals surface area contributed by atoms with Crippen LogP contribution < -0.4 is 10.1 Å². The third kappa shape index (κ3) is 4.32. The van der Waals surface area contributed by atoms with Gasteiger partial charge in [-0.2, -0.15) is 0 Å². The molecule has 0 spiro atoms. The van der Waals surface area contributed by atoms with Crippen molar-refractivity contribution in [3.8, 4) is 5.75 Å². The predicted octanol–water partition coefficient (Wildman–Crippen LogP) is 2.96. The molecule has 1 atom stereocenters. The molecule has 0 saturated heterocycles. The summed E-state index contributed by atoms with van der Waals surface area (Å²) < 4.78 is 7.86. The van der Waals surface area contributed by atoms with Crippen LogP contribution in [0.5, 0.6) is 5.75 Å². The molecule has 1 aromatic carbocycles. The first kappa shape index (κ1) is 18.9. The number of aliphatic hydroxyl groups excluding tert-OH is 1. The molecule has 2 heterocycles. The van der Waals surface area contributed by atoms with Gasteiger partial charge in [0.25, 0.3) is 0 Å². The fourth-order valence-electron chi connectivity index (χ4n) is 4.07. The zero-order chi connectivity index (χ0) is 19.3. The fraction of sp³-hybridized carbons (Fsp3) is 0.600. The number of rotatable bonds is 7. The van der Waals surface area contributed by atoms with E-state index in [1.165, 1.54) is 32.1 Å². The number of carbonyl (C=O) groups is 1. The molecule has 150 valence electrons. The highest BCUT2D eigenvalue weighted by molar-refractivity contribution is 5.94. The van der Waals surface area contributed by atoms with Gasteiger partial charge in [-0.1, -0.05) is 19.3 Å². The number of fused-ring (bicyclic) bond motifs is 1. The van der Waals surface area contributed by atoms with E-state index in [4.69, 9.17) is 4.74 Å². The number of hydrogen-bond acceptors (Lipinski definition) is 6. The van der Waals surface area contributed by atoms with Gasteiger partial charge in [-0.05, 0) is 54.3 Å². The van der Waals surface area contributed by atoms with Crippen LogP contribution in [0.1, 0.15) is 74.9 Å². The van der Waals surface area contributed by atoms with Crippen molar-refractivity contribution < 1.29 is 14.6 Å². The van der Waals surface area contributed by atoms with E-state index in [2.05, 4.69) is 20.8 Å². The van der Waals surface area contributed by atoms with Crippen LogP contribution in [0.2, 0.25) is 0 Å². The fourth-order valence-corrected chi connectivity index (χ4v) is 4.07. The Morgan fingerprint density at radius 2 is 2.07 bits per heavy atom. The van der Waals surface area contributed by atoms with Gasteiger partial charge in [0, 0.05) is 17.7 Å². The van der Waals surface area contributed by atoms with Gasteiger partial charge in [0.1, 0.15) is 5.75 Å². The third-order valence-electron chi connectivity index (χ3n) is 5.58. The molecule has 2 N–H and O–H groups in total. The number of unbranched alkanes of at least 4 members (excludes halogenated alkanes) is 1. The van der Waals surface area contributed by atoms with Crippen molar-refractivity contribution in [1.82, 2.24) is 20.2 Å². The standard InChI is InChI=1S/C20H27N5O3/c26-18-13-20(27)21-17-10-9-15(12-16(17)18)28-11-5-4-8-19-22-23-24-25(19)14-6-2-1-3-7-14/h9-10,12,14,18,26H,1-8,11,13H2,(H,21,27). The number of aliphatic hydroxyl groups is 1. The van der Waals surface area contributed by atoms with Crippen LogP contribution >= 0.6 is 0 Å². The minimum absolute atomic E-state index is 0.0894.